The lowest BCUT2D eigenvalue weighted by atomic mass is 10.1. The summed E-state index contributed by atoms with van der Waals surface area (Å²) < 4.78 is 0. The third-order valence-corrected chi connectivity index (χ3v) is 4.84. The van der Waals surface area contributed by atoms with Crippen molar-refractivity contribution in [2.24, 2.45) is 0 Å². The van der Waals surface area contributed by atoms with E-state index < -0.39 is 42.4 Å². The Morgan fingerprint density at radius 3 is 2.26 bits per heavy atom. The number of carboxylic acid groups (broad SMARTS) is 2. The Balaban J connectivity index is 2.59. The van der Waals surface area contributed by atoms with E-state index in [4.69, 9.17) is 18.2 Å². The highest BCUT2D eigenvalue weighted by molar-refractivity contribution is 8.00. The third kappa shape index (κ3) is 11.1. The van der Waals surface area contributed by atoms with Crippen molar-refractivity contribution in [3.63, 3.8) is 0 Å². The number of carbonyl (C=O) groups excluding carboxylic acids is 3. The number of hydrogen-bond acceptors (Lipinski definition) is 7. The standard InChI is InChI=1S/C18H23BN4O7S/c19-23-12(18(29)30)6-7-14(24)22-13(17(28)20-8-16(26)27)9-31-10-15(25)21-11-4-2-1-3-5-11/h1-5,12-13,23H,6-10H2,(H,20,28)(H,21,25)(H,22,24)(H,26,27)(H,29,30)/t12-,13-/m0/s1. The molecule has 1 aromatic rings. The zero-order valence-corrected chi connectivity index (χ0v) is 17.3. The number of anilines is 1. The van der Waals surface area contributed by atoms with E-state index in [0.717, 1.165) is 11.8 Å². The van der Waals surface area contributed by atoms with Gasteiger partial charge in [-0.1, -0.05) is 18.2 Å². The van der Waals surface area contributed by atoms with Gasteiger partial charge in [-0.2, -0.15) is 0 Å². The molecule has 0 saturated heterocycles. The van der Waals surface area contributed by atoms with E-state index >= 15 is 0 Å². The van der Waals surface area contributed by atoms with Crippen LogP contribution in [0.5, 0.6) is 0 Å². The van der Waals surface area contributed by atoms with Gasteiger partial charge in [-0.05, 0) is 18.6 Å². The summed E-state index contributed by atoms with van der Waals surface area (Å²) in [5.74, 6) is -4.17. The van der Waals surface area contributed by atoms with Gasteiger partial charge >= 0.3 is 11.9 Å². The highest BCUT2D eigenvalue weighted by Crippen LogP contribution is 2.09. The molecule has 31 heavy (non-hydrogen) atoms. The van der Waals surface area contributed by atoms with Crippen LogP contribution in [0.1, 0.15) is 12.8 Å². The van der Waals surface area contributed by atoms with Gasteiger partial charge in [-0.25, -0.2) is 0 Å². The number of carboxylic acids is 2. The monoisotopic (exact) mass is 450 g/mol. The number of hydrogen-bond donors (Lipinski definition) is 6. The molecule has 1 aromatic carbocycles. The molecular weight excluding hydrogens is 427 g/mol. The van der Waals surface area contributed by atoms with Gasteiger partial charge in [0.1, 0.15) is 12.6 Å². The summed E-state index contributed by atoms with van der Waals surface area (Å²) >= 11 is 1.07. The average Bonchev–Trinajstić information content (AvgIpc) is 2.72. The fourth-order valence-electron chi connectivity index (χ4n) is 2.28. The first-order chi connectivity index (χ1) is 14.7. The van der Waals surface area contributed by atoms with E-state index in [1.807, 2.05) is 0 Å². The van der Waals surface area contributed by atoms with Crippen LogP contribution < -0.4 is 21.2 Å². The third-order valence-electron chi connectivity index (χ3n) is 3.80. The highest BCUT2D eigenvalue weighted by Gasteiger charge is 2.23. The second kappa shape index (κ2) is 14.0. The summed E-state index contributed by atoms with van der Waals surface area (Å²) in [5.41, 5.74) is 0.610. The van der Waals surface area contributed by atoms with Crippen LogP contribution in [-0.2, 0) is 24.0 Å². The molecule has 3 amide bonds. The quantitative estimate of drug-likeness (QED) is 0.193. The van der Waals surface area contributed by atoms with Crippen LogP contribution in [0.25, 0.3) is 0 Å². The fourth-order valence-corrected chi connectivity index (χ4v) is 3.12. The zero-order chi connectivity index (χ0) is 23.2. The molecule has 0 aromatic heterocycles. The van der Waals surface area contributed by atoms with E-state index in [-0.39, 0.29) is 30.3 Å². The van der Waals surface area contributed by atoms with Crippen molar-refractivity contribution in [2.75, 3.05) is 23.4 Å². The summed E-state index contributed by atoms with van der Waals surface area (Å²) in [4.78, 5) is 57.9. The van der Waals surface area contributed by atoms with E-state index in [2.05, 4.69) is 21.2 Å². The van der Waals surface area contributed by atoms with Crippen molar-refractivity contribution in [3.05, 3.63) is 30.3 Å². The number of benzene rings is 1. The molecule has 0 aliphatic heterocycles. The highest BCUT2D eigenvalue weighted by atomic mass is 32.2. The maximum absolute atomic E-state index is 12.2. The Bertz CT molecular complexity index is 781. The van der Waals surface area contributed by atoms with Crippen molar-refractivity contribution >= 4 is 55.1 Å². The second-order valence-corrected chi connectivity index (χ2v) is 7.29. The summed E-state index contributed by atoms with van der Waals surface area (Å²) in [6, 6.07) is 6.50. The first kappa shape index (κ1) is 26.0. The van der Waals surface area contributed by atoms with Crippen LogP contribution in [0.4, 0.5) is 5.69 Å². The smallest absolute Gasteiger partial charge is 0.322 e. The normalized spacial score (nSPS) is 12.3. The molecule has 0 fully saturated rings. The van der Waals surface area contributed by atoms with Crippen LogP contribution in [0.15, 0.2) is 30.3 Å². The maximum atomic E-state index is 12.2. The Kier molecular flexibility index (Phi) is 11.8. The lowest BCUT2D eigenvalue weighted by molar-refractivity contribution is -0.139. The van der Waals surface area contributed by atoms with E-state index in [1.165, 1.54) is 0 Å². The molecule has 0 unspecified atom stereocenters. The van der Waals surface area contributed by atoms with Crippen molar-refractivity contribution in [1.29, 1.82) is 0 Å². The Morgan fingerprint density at radius 1 is 1.00 bits per heavy atom. The Hall–Kier alpha value is -3.06. The molecule has 2 atom stereocenters. The minimum atomic E-state index is -1.26. The fraction of sp³-hybridized carbons (Fsp3) is 0.389. The van der Waals surface area contributed by atoms with Crippen LogP contribution in [-0.4, -0.2) is 78.0 Å². The SMILES string of the molecule is [B]N[C@@H](CCC(=O)N[C@@H](CSCC(=O)Nc1ccccc1)C(=O)NCC(=O)O)C(=O)O. The molecule has 11 nitrogen and oxygen atoms in total. The molecule has 6 N–H and O–H groups in total. The molecule has 0 aliphatic rings. The van der Waals surface area contributed by atoms with Gasteiger partial charge in [-0.3, -0.25) is 24.0 Å². The van der Waals surface area contributed by atoms with Gasteiger partial charge in [0.15, 0.2) is 7.98 Å². The van der Waals surface area contributed by atoms with Gasteiger partial charge in [0.25, 0.3) is 0 Å². The maximum Gasteiger partial charge on any atom is 0.322 e. The predicted molar refractivity (Wildman–Crippen MR) is 115 cm³/mol. The predicted octanol–water partition coefficient (Wildman–Crippen LogP) is -1.05. The van der Waals surface area contributed by atoms with Crippen LogP contribution in [0, 0.1) is 0 Å². The number of aliphatic carboxylic acids is 2. The number of thioether (sulfide) groups is 1. The number of carbonyl (C=O) groups is 5. The minimum Gasteiger partial charge on any atom is -0.480 e. The molecule has 0 bridgehead atoms. The van der Waals surface area contributed by atoms with Crippen LogP contribution in [0.3, 0.4) is 0 Å². The Labute approximate surface area is 184 Å². The summed E-state index contributed by atoms with van der Waals surface area (Å²) in [6.07, 6.45) is -0.350. The van der Waals surface area contributed by atoms with Crippen molar-refractivity contribution in [1.82, 2.24) is 15.9 Å². The molecule has 0 saturated carbocycles. The molecule has 0 spiro atoms. The summed E-state index contributed by atoms with van der Waals surface area (Å²) in [7, 11) is 5.10. The van der Waals surface area contributed by atoms with Gasteiger partial charge < -0.3 is 31.4 Å². The number of amides is 3. The molecule has 2 radical (unpaired) electrons. The molecule has 1 rings (SSSR count). The molecular formula is C18H23BN4O7S. The molecule has 166 valence electrons. The number of nitrogens with one attached hydrogen (secondary N) is 4. The first-order valence-corrected chi connectivity index (χ1v) is 10.3. The number of rotatable bonds is 14. The van der Waals surface area contributed by atoms with Crippen LogP contribution in [0.2, 0.25) is 0 Å². The van der Waals surface area contributed by atoms with Crippen LogP contribution >= 0.6 is 11.8 Å². The van der Waals surface area contributed by atoms with E-state index in [1.54, 1.807) is 30.3 Å². The summed E-state index contributed by atoms with van der Waals surface area (Å²) in [6.45, 7) is -0.636. The van der Waals surface area contributed by atoms with E-state index in [9.17, 15) is 24.0 Å². The van der Waals surface area contributed by atoms with Gasteiger partial charge in [0.05, 0.1) is 11.8 Å². The van der Waals surface area contributed by atoms with Crippen molar-refractivity contribution in [2.45, 2.75) is 24.9 Å². The number of para-hydroxylation sites is 1. The molecule has 13 heteroatoms. The van der Waals surface area contributed by atoms with Crippen molar-refractivity contribution in [3.8, 4) is 0 Å². The average molecular weight is 450 g/mol. The van der Waals surface area contributed by atoms with E-state index in [0.29, 0.717) is 5.69 Å². The Morgan fingerprint density at radius 2 is 1.68 bits per heavy atom. The second-order valence-electron chi connectivity index (χ2n) is 6.26. The minimum absolute atomic E-state index is 0.00308. The van der Waals surface area contributed by atoms with Crippen molar-refractivity contribution < 1.29 is 34.2 Å². The largest absolute Gasteiger partial charge is 0.480 e. The van der Waals surface area contributed by atoms with Gasteiger partial charge in [0, 0.05) is 17.9 Å². The molecule has 0 heterocycles. The van der Waals surface area contributed by atoms with Gasteiger partial charge in [0.2, 0.25) is 17.7 Å². The topological polar surface area (TPSA) is 174 Å². The zero-order valence-electron chi connectivity index (χ0n) is 16.5. The van der Waals surface area contributed by atoms with Gasteiger partial charge in [-0.15, -0.1) is 11.8 Å². The lowest BCUT2D eigenvalue weighted by Gasteiger charge is -2.18. The molecule has 0 aliphatic carbocycles. The lowest BCUT2D eigenvalue weighted by Crippen LogP contribution is -2.49. The first-order valence-electron chi connectivity index (χ1n) is 9.13. The summed E-state index contributed by atoms with van der Waals surface area (Å²) in [5, 5.41) is 26.9.